The van der Waals surface area contributed by atoms with Crippen molar-refractivity contribution in [2.24, 2.45) is 0 Å². The van der Waals surface area contributed by atoms with Gasteiger partial charge in [-0.2, -0.15) is 4.31 Å². The Morgan fingerprint density at radius 1 is 1.50 bits per heavy atom. The summed E-state index contributed by atoms with van der Waals surface area (Å²) in [6, 6.07) is 3.34. The van der Waals surface area contributed by atoms with Crippen LogP contribution in [0.5, 0.6) is 0 Å². The number of pyridine rings is 1. The molecule has 2 N–H and O–H groups in total. The summed E-state index contributed by atoms with van der Waals surface area (Å²) in [7, 11) is -1.96. The second kappa shape index (κ2) is 6.67. The zero-order valence-corrected chi connectivity index (χ0v) is 11.4. The quantitative estimate of drug-likeness (QED) is 0.756. The van der Waals surface area contributed by atoms with Crippen molar-refractivity contribution >= 4 is 15.7 Å². The maximum atomic E-state index is 12.4. The molecular weight excluding hydrogens is 254 g/mol. The van der Waals surface area contributed by atoms with Crippen LogP contribution in [0.15, 0.2) is 23.4 Å². The van der Waals surface area contributed by atoms with Crippen molar-refractivity contribution in [1.29, 1.82) is 0 Å². The molecule has 0 unspecified atom stereocenters. The van der Waals surface area contributed by atoms with E-state index in [0.29, 0.717) is 18.7 Å². The van der Waals surface area contributed by atoms with E-state index >= 15 is 0 Å². The van der Waals surface area contributed by atoms with Crippen molar-refractivity contribution in [3.05, 3.63) is 18.3 Å². The van der Waals surface area contributed by atoms with Gasteiger partial charge in [0.15, 0.2) is 5.03 Å². The van der Waals surface area contributed by atoms with Crippen molar-refractivity contribution in [1.82, 2.24) is 9.29 Å². The Kier molecular flexibility index (Phi) is 5.52. The molecule has 1 rings (SSSR count). The normalized spacial score (nSPS) is 11.8. The third-order valence-corrected chi connectivity index (χ3v) is 4.48. The van der Waals surface area contributed by atoms with Gasteiger partial charge in [-0.05, 0) is 18.6 Å². The largest absolute Gasteiger partial charge is 0.396 e. The van der Waals surface area contributed by atoms with Crippen LogP contribution in [-0.2, 0) is 10.0 Å². The average Bonchev–Trinajstić information content (AvgIpc) is 2.39. The van der Waals surface area contributed by atoms with Crippen molar-refractivity contribution in [2.75, 3.05) is 32.1 Å². The van der Waals surface area contributed by atoms with Crippen molar-refractivity contribution in [3.63, 3.8) is 0 Å². The van der Waals surface area contributed by atoms with Crippen molar-refractivity contribution in [3.8, 4) is 0 Å². The van der Waals surface area contributed by atoms with E-state index < -0.39 is 10.0 Å². The van der Waals surface area contributed by atoms with Gasteiger partial charge < -0.3 is 10.4 Å². The number of sulfonamides is 1. The highest BCUT2D eigenvalue weighted by Crippen LogP contribution is 2.21. The number of hydrogen-bond donors (Lipinski definition) is 2. The molecule has 1 aromatic rings. The number of anilines is 1. The lowest BCUT2D eigenvalue weighted by Crippen LogP contribution is -2.33. The predicted molar refractivity (Wildman–Crippen MR) is 69.9 cm³/mol. The molecule has 7 heteroatoms. The molecule has 0 atom stereocenters. The Bertz CT molecular complexity index is 476. The number of aromatic nitrogens is 1. The summed E-state index contributed by atoms with van der Waals surface area (Å²) in [5, 5.41) is 11.6. The fourth-order valence-electron chi connectivity index (χ4n) is 1.60. The van der Waals surface area contributed by atoms with Gasteiger partial charge in [-0.15, -0.1) is 0 Å². The highest BCUT2D eigenvalue weighted by atomic mass is 32.2. The second-order valence-electron chi connectivity index (χ2n) is 3.68. The van der Waals surface area contributed by atoms with Gasteiger partial charge in [0.05, 0.1) is 5.69 Å². The molecule has 0 saturated carbocycles. The summed E-state index contributed by atoms with van der Waals surface area (Å²) in [6.07, 6.45) is 1.86. The van der Waals surface area contributed by atoms with Crippen LogP contribution in [0.25, 0.3) is 0 Å². The van der Waals surface area contributed by atoms with Crippen molar-refractivity contribution < 1.29 is 13.5 Å². The lowest BCUT2D eigenvalue weighted by Gasteiger charge is -2.20. The molecule has 1 aromatic heterocycles. The lowest BCUT2D eigenvalue weighted by molar-refractivity contribution is 0.271. The Balaban J connectivity index is 3.10. The first-order valence-corrected chi connectivity index (χ1v) is 7.25. The SMILES string of the molecule is CCN(CCCO)S(=O)(=O)c1ncccc1NC. The van der Waals surface area contributed by atoms with Crippen LogP contribution >= 0.6 is 0 Å². The van der Waals surface area contributed by atoms with E-state index in [1.54, 1.807) is 26.1 Å². The van der Waals surface area contributed by atoms with Gasteiger partial charge in [0.25, 0.3) is 10.0 Å². The molecule has 0 fully saturated rings. The van der Waals surface area contributed by atoms with Gasteiger partial charge in [-0.25, -0.2) is 13.4 Å². The molecule has 0 aromatic carbocycles. The van der Waals surface area contributed by atoms with Crippen LogP contribution in [-0.4, -0.2) is 49.6 Å². The molecular formula is C11H19N3O3S. The topological polar surface area (TPSA) is 82.5 Å². The van der Waals surface area contributed by atoms with Crippen LogP contribution in [0.3, 0.4) is 0 Å². The summed E-state index contributed by atoms with van der Waals surface area (Å²) in [6.45, 7) is 2.36. The van der Waals surface area contributed by atoms with Crippen LogP contribution in [0.1, 0.15) is 13.3 Å². The zero-order valence-electron chi connectivity index (χ0n) is 10.6. The summed E-state index contributed by atoms with van der Waals surface area (Å²) >= 11 is 0. The van der Waals surface area contributed by atoms with Gasteiger partial charge in [0, 0.05) is 32.9 Å². The maximum absolute atomic E-state index is 12.4. The monoisotopic (exact) mass is 273 g/mol. The first kappa shape index (κ1) is 14.9. The molecule has 0 aliphatic carbocycles. The molecule has 18 heavy (non-hydrogen) atoms. The summed E-state index contributed by atoms with van der Waals surface area (Å²) in [5.41, 5.74) is 0.472. The summed E-state index contributed by atoms with van der Waals surface area (Å²) < 4.78 is 26.1. The van der Waals surface area contributed by atoms with E-state index in [4.69, 9.17) is 5.11 Å². The fourth-order valence-corrected chi connectivity index (χ4v) is 3.20. The number of aliphatic hydroxyl groups excluding tert-OH is 1. The fraction of sp³-hybridized carbons (Fsp3) is 0.545. The van der Waals surface area contributed by atoms with Crippen molar-refractivity contribution in [2.45, 2.75) is 18.4 Å². The first-order chi connectivity index (χ1) is 8.57. The predicted octanol–water partition coefficient (Wildman–Crippen LogP) is 0.516. The smallest absolute Gasteiger partial charge is 0.262 e. The number of rotatable bonds is 7. The highest BCUT2D eigenvalue weighted by molar-refractivity contribution is 7.89. The maximum Gasteiger partial charge on any atom is 0.262 e. The molecule has 0 spiro atoms. The van der Waals surface area contributed by atoms with E-state index in [1.807, 2.05) is 0 Å². The number of nitrogens with one attached hydrogen (secondary N) is 1. The molecule has 0 aliphatic heterocycles. The molecule has 0 aliphatic rings. The molecule has 0 bridgehead atoms. The van der Waals surface area contributed by atoms with Gasteiger partial charge in [-0.1, -0.05) is 6.92 Å². The van der Waals surface area contributed by atoms with E-state index in [0.717, 1.165) is 0 Å². The minimum absolute atomic E-state index is 0.0206. The average molecular weight is 273 g/mol. The van der Waals surface area contributed by atoms with Gasteiger partial charge in [0.1, 0.15) is 0 Å². The molecule has 0 radical (unpaired) electrons. The van der Waals surface area contributed by atoms with E-state index in [-0.39, 0.29) is 18.2 Å². The van der Waals surface area contributed by atoms with Gasteiger partial charge in [-0.3, -0.25) is 0 Å². The minimum Gasteiger partial charge on any atom is -0.396 e. The second-order valence-corrected chi connectivity index (χ2v) is 5.53. The summed E-state index contributed by atoms with van der Waals surface area (Å²) in [4.78, 5) is 3.94. The number of aliphatic hydroxyl groups is 1. The van der Waals surface area contributed by atoms with Crippen LogP contribution < -0.4 is 5.32 Å². The molecule has 0 saturated heterocycles. The molecule has 102 valence electrons. The Morgan fingerprint density at radius 3 is 2.78 bits per heavy atom. The Morgan fingerprint density at radius 2 is 2.22 bits per heavy atom. The number of nitrogens with zero attached hydrogens (tertiary/aromatic N) is 2. The lowest BCUT2D eigenvalue weighted by atomic mass is 10.4. The standard InChI is InChI=1S/C11H19N3O3S/c1-3-14(8-5-9-15)18(16,17)11-10(12-2)6-4-7-13-11/h4,6-7,12,15H,3,5,8-9H2,1-2H3. The first-order valence-electron chi connectivity index (χ1n) is 5.81. The molecule has 1 heterocycles. The van der Waals surface area contributed by atoms with Crippen LogP contribution in [0.2, 0.25) is 0 Å². The highest BCUT2D eigenvalue weighted by Gasteiger charge is 2.26. The van der Waals surface area contributed by atoms with E-state index in [2.05, 4.69) is 10.3 Å². The molecule has 0 amide bonds. The Labute approximate surface area is 108 Å². The summed E-state index contributed by atoms with van der Waals surface area (Å²) in [5.74, 6) is 0. The van der Waals surface area contributed by atoms with E-state index in [9.17, 15) is 8.42 Å². The van der Waals surface area contributed by atoms with Gasteiger partial charge >= 0.3 is 0 Å². The Hall–Kier alpha value is -1.18. The minimum atomic E-state index is -3.62. The third kappa shape index (κ3) is 3.18. The van der Waals surface area contributed by atoms with Gasteiger partial charge in [0.2, 0.25) is 0 Å². The zero-order chi connectivity index (χ0) is 13.6. The van der Waals surface area contributed by atoms with Crippen LogP contribution in [0.4, 0.5) is 5.69 Å². The van der Waals surface area contributed by atoms with E-state index in [1.165, 1.54) is 10.5 Å². The molecule has 6 nitrogen and oxygen atoms in total. The van der Waals surface area contributed by atoms with Crippen LogP contribution in [0, 0.1) is 0 Å². The third-order valence-electron chi connectivity index (χ3n) is 2.54. The number of hydrogen-bond acceptors (Lipinski definition) is 5.